The fourth-order valence-corrected chi connectivity index (χ4v) is 2.67. The van der Waals surface area contributed by atoms with Crippen LogP contribution in [0.3, 0.4) is 0 Å². The van der Waals surface area contributed by atoms with Crippen molar-refractivity contribution in [3.8, 4) is 11.5 Å². The van der Waals surface area contributed by atoms with E-state index in [2.05, 4.69) is 18.2 Å². The van der Waals surface area contributed by atoms with Gasteiger partial charge in [-0.05, 0) is 48.6 Å². The van der Waals surface area contributed by atoms with Crippen molar-refractivity contribution in [3.63, 3.8) is 0 Å². The zero-order chi connectivity index (χ0) is 12.4. The molecule has 0 aromatic heterocycles. The Labute approximate surface area is 112 Å². The van der Waals surface area contributed by atoms with Crippen molar-refractivity contribution >= 4 is 11.6 Å². The van der Waals surface area contributed by atoms with Crippen LogP contribution in [0.4, 0.5) is 0 Å². The molecule has 2 heteroatoms. The second-order valence-electron chi connectivity index (χ2n) is 4.63. The molecule has 0 atom stereocenters. The lowest BCUT2D eigenvalue weighted by molar-refractivity contribution is 0.478. The van der Waals surface area contributed by atoms with E-state index in [0.717, 1.165) is 17.1 Å². The number of ether oxygens (including phenoxy) is 1. The van der Waals surface area contributed by atoms with Crippen molar-refractivity contribution in [1.29, 1.82) is 0 Å². The molecule has 0 amide bonds. The van der Waals surface area contributed by atoms with Gasteiger partial charge in [0, 0.05) is 5.56 Å². The van der Waals surface area contributed by atoms with Gasteiger partial charge in [-0.1, -0.05) is 24.3 Å². The fraction of sp³-hybridized carbons (Fsp3) is 0.250. The van der Waals surface area contributed by atoms with Gasteiger partial charge in [0.05, 0.1) is 5.88 Å². The summed E-state index contributed by atoms with van der Waals surface area (Å²) in [5, 5.41) is 0. The second kappa shape index (κ2) is 5.03. The molecular weight excluding hydrogens is 244 g/mol. The van der Waals surface area contributed by atoms with Crippen LogP contribution < -0.4 is 4.74 Å². The van der Waals surface area contributed by atoms with Crippen LogP contribution in [0.25, 0.3) is 0 Å². The molecule has 92 valence electrons. The molecule has 0 fully saturated rings. The molecule has 0 saturated carbocycles. The lowest BCUT2D eigenvalue weighted by atomic mass is 10.1. The van der Waals surface area contributed by atoms with Gasteiger partial charge in [-0.25, -0.2) is 0 Å². The van der Waals surface area contributed by atoms with Crippen molar-refractivity contribution < 1.29 is 4.74 Å². The first-order valence-electron chi connectivity index (χ1n) is 6.30. The van der Waals surface area contributed by atoms with Gasteiger partial charge in [0.15, 0.2) is 0 Å². The van der Waals surface area contributed by atoms with Crippen LogP contribution in [0.1, 0.15) is 23.1 Å². The number of para-hydroxylation sites is 1. The Morgan fingerprint density at radius 2 is 1.83 bits per heavy atom. The van der Waals surface area contributed by atoms with E-state index in [1.807, 2.05) is 24.3 Å². The van der Waals surface area contributed by atoms with Gasteiger partial charge in [0.25, 0.3) is 0 Å². The molecule has 1 nitrogen and oxygen atoms in total. The van der Waals surface area contributed by atoms with Crippen LogP contribution in [0.5, 0.6) is 11.5 Å². The average Bonchev–Trinajstić information content (AvgIpc) is 2.87. The van der Waals surface area contributed by atoms with Crippen LogP contribution >= 0.6 is 11.6 Å². The minimum absolute atomic E-state index is 0.473. The Kier molecular flexibility index (Phi) is 3.24. The van der Waals surface area contributed by atoms with Gasteiger partial charge >= 0.3 is 0 Å². The lowest BCUT2D eigenvalue weighted by Crippen LogP contribution is -1.90. The van der Waals surface area contributed by atoms with Crippen molar-refractivity contribution in [2.45, 2.75) is 25.1 Å². The zero-order valence-corrected chi connectivity index (χ0v) is 10.9. The minimum Gasteiger partial charge on any atom is -0.457 e. The summed E-state index contributed by atoms with van der Waals surface area (Å²) >= 11 is 5.91. The highest BCUT2D eigenvalue weighted by Crippen LogP contribution is 2.30. The zero-order valence-electron chi connectivity index (χ0n) is 10.2. The predicted molar refractivity (Wildman–Crippen MR) is 74.5 cm³/mol. The van der Waals surface area contributed by atoms with Crippen LogP contribution in [0, 0.1) is 0 Å². The summed E-state index contributed by atoms with van der Waals surface area (Å²) in [5.74, 6) is 2.24. The number of hydrogen-bond acceptors (Lipinski definition) is 1. The Morgan fingerprint density at radius 3 is 2.72 bits per heavy atom. The summed E-state index contributed by atoms with van der Waals surface area (Å²) in [5.41, 5.74) is 3.92. The van der Waals surface area contributed by atoms with Crippen LogP contribution in [-0.4, -0.2) is 0 Å². The van der Waals surface area contributed by atoms with Crippen molar-refractivity contribution in [2.75, 3.05) is 0 Å². The molecule has 1 aliphatic rings. The van der Waals surface area contributed by atoms with Crippen molar-refractivity contribution in [1.82, 2.24) is 0 Å². The van der Waals surface area contributed by atoms with Gasteiger partial charge in [-0.3, -0.25) is 0 Å². The molecule has 0 bridgehead atoms. The summed E-state index contributed by atoms with van der Waals surface area (Å²) in [4.78, 5) is 0. The number of benzene rings is 2. The average molecular weight is 259 g/mol. The minimum atomic E-state index is 0.473. The molecule has 2 aromatic carbocycles. The third-order valence-corrected chi connectivity index (χ3v) is 3.70. The van der Waals surface area contributed by atoms with E-state index in [0.29, 0.717) is 5.88 Å². The fourth-order valence-electron chi connectivity index (χ4n) is 2.45. The lowest BCUT2D eigenvalue weighted by Gasteiger charge is -2.10. The van der Waals surface area contributed by atoms with E-state index in [1.165, 1.54) is 30.4 Å². The number of aryl methyl sites for hydroxylation is 2. The molecule has 0 aliphatic heterocycles. The Morgan fingerprint density at radius 1 is 1.00 bits per heavy atom. The van der Waals surface area contributed by atoms with Crippen LogP contribution in [-0.2, 0) is 18.7 Å². The maximum atomic E-state index is 5.94. The predicted octanol–water partition coefficient (Wildman–Crippen LogP) is 4.71. The topological polar surface area (TPSA) is 9.23 Å². The van der Waals surface area contributed by atoms with Gasteiger partial charge < -0.3 is 4.74 Å². The molecule has 0 unspecified atom stereocenters. The Hall–Kier alpha value is -1.47. The molecule has 0 radical (unpaired) electrons. The second-order valence-corrected chi connectivity index (χ2v) is 4.89. The number of alkyl halides is 1. The van der Waals surface area contributed by atoms with Gasteiger partial charge in [0.1, 0.15) is 11.5 Å². The van der Waals surface area contributed by atoms with Crippen molar-refractivity contribution in [3.05, 3.63) is 59.2 Å². The number of hydrogen-bond donors (Lipinski definition) is 0. The number of halogens is 1. The van der Waals surface area contributed by atoms with E-state index in [-0.39, 0.29) is 0 Å². The van der Waals surface area contributed by atoms with E-state index >= 15 is 0 Å². The Bertz CT molecular complexity index is 563. The maximum absolute atomic E-state index is 5.94. The third kappa shape index (κ3) is 2.23. The molecule has 0 N–H and O–H groups in total. The highest BCUT2D eigenvalue weighted by atomic mass is 35.5. The van der Waals surface area contributed by atoms with Gasteiger partial charge in [-0.15, -0.1) is 11.6 Å². The van der Waals surface area contributed by atoms with E-state index in [4.69, 9.17) is 16.3 Å². The van der Waals surface area contributed by atoms with E-state index < -0.39 is 0 Å². The van der Waals surface area contributed by atoms with Crippen LogP contribution in [0.15, 0.2) is 42.5 Å². The standard InChI is InChI=1S/C16H15ClO/c17-11-14-4-1-2-7-16(14)18-15-9-8-12-5-3-6-13(12)10-15/h1-2,4,7-10H,3,5-6,11H2. The largest absolute Gasteiger partial charge is 0.457 e. The monoisotopic (exact) mass is 258 g/mol. The molecule has 0 heterocycles. The molecule has 3 rings (SSSR count). The van der Waals surface area contributed by atoms with Crippen LogP contribution in [0.2, 0.25) is 0 Å². The third-order valence-electron chi connectivity index (χ3n) is 3.41. The molecule has 0 saturated heterocycles. The highest BCUT2D eigenvalue weighted by molar-refractivity contribution is 6.17. The smallest absolute Gasteiger partial charge is 0.131 e. The first kappa shape index (κ1) is 11.6. The van der Waals surface area contributed by atoms with E-state index in [1.54, 1.807) is 0 Å². The highest BCUT2D eigenvalue weighted by Gasteiger charge is 2.12. The first-order valence-corrected chi connectivity index (χ1v) is 6.84. The maximum Gasteiger partial charge on any atom is 0.131 e. The summed E-state index contributed by atoms with van der Waals surface area (Å²) in [7, 11) is 0. The summed E-state index contributed by atoms with van der Waals surface area (Å²) in [6, 6.07) is 14.3. The van der Waals surface area contributed by atoms with Crippen molar-refractivity contribution in [2.24, 2.45) is 0 Å². The molecule has 1 aliphatic carbocycles. The Balaban J connectivity index is 1.88. The number of rotatable bonds is 3. The molecule has 2 aromatic rings. The number of fused-ring (bicyclic) bond motifs is 1. The van der Waals surface area contributed by atoms with E-state index in [9.17, 15) is 0 Å². The normalized spacial score (nSPS) is 13.4. The SMILES string of the molecule is ClCc1ccccc1Oc1ccc2c(c1)CCC2. The molecule has 18 heavy (non-hydrogen) atoms. The quantitative estimate of drug-likeness (QED) is 0.725. The summed E-state index contributed by atoms with van der Waals surface area (Å²) in [6.45, 7) is 0. The molecular formula is C16H15ClO. The summed E-state index contributed by atoms with van der Waals surface area (Å²) < 4.78 is 5.94. The molecule has 0 spiro atoms. The van der Waals surface area contributed by atoms with Gasteiger partial charge in [-0.2, -0.15) is 0 Å². The summed E-state index contributed by atoms with van der Waals surface area (Å²) in [6.07, 6.45) is 3.63. The van der Waals surface area contributed by atoms with Gasteiger partial charge in [0.2, 0.25) is 0 Å². The first-order chi connectivity index (χ1) is 8.86.